The second kappa shape index (κ2) is 5.79. The van der Waals surface area contributed by atoms with Gasteiger partial charge in [-0.3, -0.25) is 0 Å². The zero-order chi connectivity index (χ0) is 9.52. The van der Waals surface area contributed by atoms with Crippen LogP contribution in [0.15, 0.2) is 36.4 Å². The highest BCUT2D eigenvalue weighted by molar-refractivity contribution is 6.30. The Bertz CT molecular complexity index is 264. The van der Waals surface area contributed by atoms with Gasteiger partial charge < -0.3 is 5.11 Å². The van der Waals surface area contributed by atoms with Gasteiger partial charge >= 0.3 is 0 Å². The zero-order valence-electron chi connectivity index (χ0n) is 7.41. The first-order chi connectivity index (χ1) is 6.33. The molecule has 0 atom stereocenters. The normalized spacial score (nSPS) is 10.9. The van der Waals surface area contributed by atoms with Crippen molar-refractivity contribution in [3.63, 3.8) is 0 Å². The first kappa shape index (κ1) is 10.3. The van der Waals surface area contributed by atoms with Crippen LogP contribution >= 0.6 is 11.6 Å². The third-order valence-corrected chi connectivity index (χ3v) is 1.98. The second-order valence-electron chi connectivity index (χ2n) is 2.81. The Hall–Kier alpha value is -0.790. The molecular weight excluding hydrogens is 184 g/mol. The Kier molecular flexibility index (Phi) is 4.58. The predicted molar refractivity (Wildman–Crippen MR) is 56.0 cm³/mol. The van der Waals surface area contributed by atoms with Crippen molar-refractivity contribution in [3.05, 3.63) is 47.0 Å². The highest BCUT2D eigenvalue weighted by Gasteiger charge is 1.88. The first-order valence-corrected chi connectivity index (χ1v) is 4.71. The summed E-state index contributed by atoms with van der Waals surface area (Å²) < 4.78 is 0. The zero-order valence-corrected chi connectivity index (χ0v) is 8.17. The summed E-state index contributed by atoms with van der Waals surface area (Å²) in [7, 11) is 0. The average molecular weight is 197 g/mol. The van der Waals surface area contributed by atoms with Crippen molar-refractivity contribution in [2.24, 2.45) is 0 Å². The van der Waals surface area contributed by atoms with Crippen LogP contribution in [0.1, 0.15) is 12.0 Å². The Morgan fingerprint density at radius 1 is 1.15 bits per heavy atom. The molecule has 1 nitrogen and oxygen atoms in total. The van der Waals surface area contributed by atoms with Crippen LogP contribution in [0.25, 0.3) is 0 Å². The molecule has 1 N–H and O–H groups in total. The predicted octanol–water partition coefficient (Wildman–Crippen LogP) is 2.82. The maximum absolute atomic E-state index is 8.53. The number of rotatable bonds is 4. The van der Waals surface area contributed by atoms with Gasteiger partial charge in [0.2, 0.25) is 0 Å². The van der Waals surface area contributed by atoms with Crippen LogP contribution in [0.2, 0.25) is 5.02 Å². The quantitative estimate of drug-likeness (QED) is 0.735. The van der Waals surface area contributed by atoms with E-state index in [-0.39, 0.29) is 6.61 Å². The van der Waals surface area contributed by atoms with E-state index >= 15 is 0 Å². The van der Waals surface area contributed by atoms with E-state index in [9.17, 15) is 0 Å². The summed E-state index contributed by atoms with van der Waals surface area (Å²) in [5, 5.41) is 9.30. The summed E-state index contributed by atoms with van der Waals surface area (Å²) in [6.45, 7) is 0.219. The minimum absolute atomic E-state index is 0.219. The summed E-state index contributed by atoms with van der Waals surface area (Å²) >= 11 is 5.74. The number of allylic oxidation sites excluding steroid dienone is 1. The van der Waals surface area contributed by atoms with Gasteiger partial charge in [0.25, 0.3) is 0 Å². The van der Waals surface area contributed by atoms with Gasteiger partial charge in [0.05, 0.1) is 0 Å². The molecule has 0 aliphatic rings. The first-order valence-electron chi connectivity index (χ1n) is 4.33. The number of hydrogen-bond donors (Lipinski definition) is 1. The van der Waals surface area contributed by atoms with Crippen LogP contribution in [0.5, 0.6) is 0 Å². The van der Waals surface area contributed by atoms with Crippen LogP contribution in [0.3, 0.4) is 0 Å². The van der Waals surface area contributed by atoms with E-state index in [1.54, 1.807) is 0 Å². The van der Waals surface area contributed by atoms with E-state index in [1.165, 1.54) is 5.56 Å². The monoisotopic (exact) mass is 196 g/mol. The number of aliphatic hydroxyl groups is 1. The van der Waals surface area contributed by atoms with Crippen molar-refractivity contribution >= 4 is 11.6 Å². The molecule has 0 radical (unpaired) electrons. The Morgan fingerprint density at radius 3 is 2.46 bits per heavy atom. The van der Waals surface area contributed by atoms with Gasteiger partial charge in [0.15, 0.2) is 0 Å². The summed E-state index contributed by atoms with van der Waals surface area (Å²) in [4.78, 5) is 0. The maximum atomic E-state index is 8.53. The van der Waals surface area contributed by atoms with E-state index in [1.807, 2.05) is 30.3 Å². The fourth-order valence-corrected chi connectivity index (χ4v) is 1.16. The Balaban J connectivity index is 2.41. The molecule has 0 unspecified atom stereocenters. The van der Waals surface area contributed by atoms with Crippen molar-refractivity contribution in [2.45, 2.75) is 12.8 Å². The van der Waals surface area contributed by atoms with Crippen molar-refractivity contribution in [1.82, 2.24) is 0 Å². The third kappa shape index (κ3) is 4.11. The smallest absolute Gasteiger partial charge is 0.0465 e. The Morgan fingerprint density at radius 2 is 1.85 bits per heavy atom. The average Bonchev–Trinajstić information content (AvgIpc) is 2.15. The minimum atomic E-state index is 0.219. The van der Waals surface area contributed by atoms with Crippen LogP contribution in [-0.2, 0) is 6.42 Å². The molecule has 0 aliphatic heterocycles. The third-order valence-electron chi connectivity index (χ3n) is 1.73. The summed E-state index contributed by atoms with van der Waals surface area (Å²) in [5.41, 5.74) is 1.23. The molecule has 0 fully saturated rings. The molecule has 0 saturated carbocycles. The van der Waals surface area contributed by atoms with Gasteiger partial charge in [-0.05, 0) is 30.5 Å². The van der Waals surface area contributed by atoms with Crippen LogP contribution in [0.4, 0.5) is 0 Å². The lowest BCUT2D eigenvalue weighted by Crippen LogP contribution is -1.80. The van der Waals surface area contributed by atoms with Gasteiger partial charge in [-0.2, -0.15) is 0 Å². The van der Waals surface area contributed by atoms with Crippen molar-refractivity contribution in [1.29, 1.82) is 0 Å². The Labute approximate surface area is 83.7 Å². The molecule has 13 heavy (non-hydrogen) atoms. The molecule has 0 heterocycles. The van der Waals surface area contributed by atoms with E-state index < -0.39 is 0 Å². The molecule has 0 spiro atoms. The van der Waals surface area contributed by atoms with Gasteiger partial charge in [0.1, 0.15) is 0 Å². The lowest BCUT2D eigenvalue weighted by atomic mass is 10.1. The molecule has 0 aromatic heterocycles. The number of aliphatic hydroxyl groups excluding tert-OH is 1. The van der Waals surface area contributed by atoms with Gasteiger partial charge in [0, 0.05) is 11.6 Å². The van der Waals surface area contributed by atoms with E-state index in [4.69, 9.17) is 16.7 Å². The fraction of sp³-hybridized carbons (Fsp3) is 0.273. The molecule has 0 amide bonds. The van der Waals surface area contributed by atoms with E-state index in [0.29, 0.717) is 0 Å². The lowest BCUT2D eigenvalue weighted by Gasteiger charge is -1.95. The fourth-order valence-electron chi connectivity index (χ4n) is 1.03. The van der Waals surface area contributed by atoms with Crippen molar-refractivity contribution in [3.8, 4) is 0 Å². The standard InChI is InChI=1S/C11H13ClO/c12-11-7-5-10(6-8-11)4-2-1-3-9-13/h1-2,5-8,13H,3-4,9H2. The van der Waals surface area contributed by atoms with E-state index in [2.05, 4.69) is 6.08 Å². The molecule has 70 valence electrons. The molecule has 0 aliphatic carbocycles. The highest BCUT2D eigenvalue weighted by atomic mass is 35.5. The van der Waals surface area contributed by atoms with Crippen LogP contribution < -0.4 is 0 Å². The molecule has 0 bridgehead atoms. The van der Waals surface area contributed by atoms with Gasteiger partial charge in [-0.15, -0.1) is 0 Å². The van der Waals surface area contributed by atoms with Crippen LogP contribution in [0, 0.1) is 0 Å². The number of hydrogen-bond acceptors (Lipinski definition) is 1. The van der Waals surface area contributed by atoms with E-state index in [0.717, 1.165) is 17.9 Å². The molecule has 0 saturated heterocycles. The molecule has 2 heteroatoms. The topological polar surface area (TPSA) is 20.2 Å². The largest absolute Gasteiger partial charge is 0.396 e. The van der Waals surface area contributed by atoms with Gasteiger partial charge in [-0.1, -0.05) is 35.9 Å². The van der Waals surface area contributed by atoms with Crippen molar-refractivity contribution < 1.29 is 5.11 Å². The van der Waals surface area contributed by atoms with Crippen LogP contribution in [-0.4, -0.2) is 11.7 Å². The SMILES string of the molecule is OCCC=CCc1ccc(Cl)cc1. The highest BCUT2D eigenvalue weighted by Crippen LogP contribution is 2.10. The maximum Gasteiger partial charge on any atom is 0.0465 e. The summed E-state index contributed by atoms with van der Waals surface area (Å²) in [6.07, 6.45) is 5.67. The number of halogens is 1. The second-order valence-corrected chi connectivity index (χ2v) is 3.25. The summed E-state index contributed by atoms with van der Waals surface area (Å²) in [5.74, 6) is 0. The molecule has 1 aromatic carbocycles. The number of benzene rings is 1. The lowest BCUT2D eigenvalue weighted by molar-refractivity contribution is 0.302. The van der Waals surface area contributed by atoms with Crippen molar-refractivity contribution in [2.75, 3.05) is 6.61 Å². The molecule has 1 rings (SSSR count). The minimum Gasteiger partial charge on any atom is -0.396 e. The van der Waals surface area contributed by atoms with Gasteiger partial charge in [-0.25, -0.2) is 0 Å². The summed E-state index contributed by atoms with van der Waals surface area (Å²) in [6, 6.07) is 7.78. The molecular formula is C11H13ClO. The molecule has 1 aromatic rings.